The zero-order valence-corrected chi connectivity index (χ0v) is 15.8. The monoisotopic (exact) mass is 377 g/mol. The van der Waals surface area contributed by atoms with Crippen LogP contribution < -0.4 is 4.90 Å². The van der Waals surface area contributed by atoms with E-state index in [-0.39, 0.29) is 12.5 Å². The number of carbonyl (C=O) groups is 1. The smallest absolute Gasteiger partial charge is 0.253 e. The second-order valence-electron chi connectivity index (χ2n) is 7.03. The van der Waals surface area contributed by atoms with E-state index in [0.29, 0.717) is 18.7 Å². The summed E-state index contributed by atoms with van der Waals surface area (Å²) in [6.45, 7) is 5.23. The third-order valence-corrected chi connectivity index (χ3v) is 5.23. The highest BCUT2D eigenvalue weighted by Gasteiger charge is 2.24. The van der Waals surface area contributed by atoms with Crippen LogP contribution >= 0.6 is 0 Å². The summed E-state index contributed by atoms with van der Waals surface area (Å²) in [6, 6.07) is 15.8. The summed E-state index contributed by atoms with van der Waals surface area (Å²) in [5.41, 5.74) is 4.48. The maximum Gasteiger partial charge on any atom is 0.253 e. The molecule has 4 rings (SSSR count). The molecule has 0 unspecified atom stereocenters. The van der Waals surface area contributed by atoms with Crippen molar-refractivity contribution in [3.05, 3.63) is 53.6 Å². The Morgan fingerprint density at radius 3 is 2.61 bits per heavy atom. The summed E-state index contributed by atoms with van der Waals surface area (Å²) in [4.78, 5) is 16.9. The fraction of sp³-hybridized carbons (Fsp3) is 0.364. The lowest BCUT2D eigenvalue weighted by Gasteiger charge is -2.30. The molecule has 0 atom stereocenters. The number of fused-ring (bicyclic) bond motifs is 1. The average Bonchev–Trinajstić information content (AvgIpc) is 2.90. The van der Waals surface area contributed by atoms with Crippen LogP contribution in [0.15, 0.2) is 42.5 Å². The van der Waals surface area contributed by atoms with Gasteiger partial charge in [-0.2, -0.15) is 5.26 Å². The number of rotatable bonds is 4. The first-order valence-electron chi connectivity index (χ1n) is 9.56. The number of hydrogen-bond acceptors (Lipinski definition) is 5. The molecule has 2 aromatic carbocycles. The van der Waals surface area contributed by atoms with Crippen LogP contribution in [-0.4, -0.2) is 56.8 Å². The van der Waals surface area contributed by atoms with Crippen molar-refractivity contribution in [3.63, 3.8) is 0 Å². The first-order valence-corrected chi connectivity index (χ1v) is 9.56. The quantitative estimate of drug-likeness (QED) is 0.819. The number of ether oxygens (including phenoxy) is 2. The van der Waals surface area contributed by atoms with Gasteiger partial charge < -0.3 is 14.4 Å². The lowest BCUT2D eigenvalue weighted by Crippen LogP contribution is -2.43. The van der Waals surface area contributed by atoms with Gasteiger partial charge in [-0.3, -0.25) is 9.69 Å². The fourth-order valence-electron chi connectivity index (χ4n) is 3.66. The summed E-state index contributed by atoms with van der Waals surface area (Å²) >= 11 is 0. The largest absolute Gasteiger partial charge is 0.379 e. The Labute approximate surface area is 164 Å². The molecular weight excluding hydrogens is 354 g/mol. The highest BCUT2D eigenvalue weighted by molar-refractivity contribution is 5.96. The van der Waals surface area contributed by atoms with E-state index in [9.17, 15) is 10.1 Å². The van der Waals surface area contributed by atoms with Gasteiger partial charge in [0, 0.05) is 37.4 Å². The van der Waals surface area contributed by atoms with Gasteiger partial charge >= 0.3 is 0 Å². The molecule has 0 aliphatic carbocycles. The summed E-state index contributed by atoms with van der Waals surface area (Å²) in [5, 5.41) is 9.18. The lowest BCUT2D eigenvalue weighted by molar-refractivity contribution is -0.123. The third kappa shape index (κ3) is 4.07. The standard InChI is InChI=1S/C22H23N3O3/c23-14-17-2-1-3-18(12-17)19-4-5-20-15-28-16-22(26)25(21(20)13-19)7-6-24-8-10-27-11-9-24/h1-5,12-13H,6-11,15-16H2. The van der Waals surface area contributed by atoms with E-state index in [4.69, 9.17) is 9.47 Å². The summed E-state index contributed by atoms with van der Waals surface area (Å²) in [6.07, 6.45) is 0. The number of morpholine rings is 1. The number of hydrogen-bond donors (Lipinski definition) is 0. The number of carbonyl (C=O) groups excluding carboxylic acids is 1. The van der Waals surface area contributed by atoms with Gasteiger partial charge in [0.25, 0.3) is 5.91 Å². The summed E-state index contributed by atoms with van der Waals surface area (Å²) in [5.74, 6) is -0.0186. The molecule has 6 nitrogen and oxygen atoms in total. The average molecular weight is 377 g/mol. The van der Waals surface area contributed by atoms with E-state index in [1.807, 2.05) is 41.3 Å². The molecule has 2 heterocycles. The van der Waals surface area contributed by atoms with Crippen LogP contribution in [0.3, 0.4) is 0 Å². The van der Waals surface area contributed by atoms with Crippen molar-refractivity contribution in [2.24, 2.45) is 0 Å². The Balaban J connectivity index is 1.63. The first-order chi connectivity index (χ1) is 13.7. The molecular formula is C22H23N3O3. The number of nitriles is 1. The Morgan fingerprint density at radius 1 is 0.964 bits per heavy atom. The molecule has 1 fully saturated rings. The molecule has 0 spiro atoms. The maximum atomic E-state index is 12.7. The molecule has 2 aromatic rings. The number of anilines is 1. The van der Waals surface area contributed by atoms with Crippen molar-refractivity contribution in [1.82, 2.24) is 4.90 Å². The Morgan fingerprint density at radius 2 is 1.79 bits per heavy atom. The molecule has 28 heavy (non-hydrogen) atoms. The SMILES string of the molecule is N#Cc1cccc(-c2ccc3c(c2)N(CCN2CCOCC2)C(=O)COC3)c1. The zero-order valence-electron chi connectivity index (χ0n) is 15.8. The molecule has 0 bridgehead atoms. The van der Waals surface area contributed by atoms with Gasteiger partial charge in [0.2, 0.25) is 0 Å². The van der Waals surface area contributed by atoms with Gasteiger partial charge in [-0.05, 0) is 29.3 Å². The van der Waals surface area contributed by atoms with E-state index in [1.165, 1.54) is 0 Å². The van der Waals surface area contributed by atoms with Crippen LogP contribution in [-0.2, 0) is 20.9 Å². The minimum Gasteiger partial charge on any atom is -0.379 e. The molecule has 0 radical (unpaired) electrons. The van der Waals surface area contributed by atoms with Gasteiger partial charge in [-0.25, -0.2) is 0 Å². The molecule has 0 aromatic heterocycles. The number of nitrogens with zero attached hydrogens (tertiary/aromatic N) is 3. The minimum absolute atomic E-state index is 0.0186. The van der Waals surface area contributed by atoms with E-state index < -0.39 is 0 Å². The lowest BCUT2D eigenvalue weighted by atomic mass is 10.0. The maximum absolute atomic E-state index is 12.7. The molecule has 1 saturated heterocycles. The number of amides is 1. The van der Waals surface area contributed by atoms with E-state index in [0.717, 1.165) is 55.2 Å². The van der Waals surface area contributed by atoms with Gasteiger partial charge in [0.1, 0.15) is 6.61 Å². The van der Waals surface area contributed by atoms with Crippen LogP contribution in [0.1, 0.15) is 11.1 Å². The highest BCUT2D eigenvalue weighted by atomic mass is 16.5. The van der Waals surface area contributed by atoms with Crippen LogP contribution in [0.4, 0.5) is 5.69 Å². The Hall–Kier alpha value is -2.72. The molecule has 2 aliphatic rings. The van der Waals surface area contributed by atoms with Gasteiger partial charge in [-0.15, -0.1) is 0 Å². The Bertz CT molecular complexity index is 900. The normalized spacial score (nSPS) is 17.7. The molecule has 0 saturated carbocycles. The fourth-order valence-corrected chi connectivity index (χ4v) is 3.66. The second kappa shape index (κ2) is 8.53. The summed E-state index contributed by atoms with van der Waals surface area (Å²) < 4.78 is 11.0. The van der Waals surface area contributed by atoms with E-state index in [2.05, 4.69) is 11.0 Å². The van der Waals surface area contributed by atoms with Crippen molar-refractivity contribution in [2.75, 3.05) is 50.9 Å². The van der Waals surface area contributed by atoms with Crippen molar-refractivity contribution in [2.45, 2.75) is 6.61 Å². The molecule has 6 heteroatoms. The van der Waals surface area contributed by atoms with Gasteiger partial charge in [0.05, 0.1) is 31.5 Å². The topological polar surface area (TPSA) is 65.8 Å². The van der Waals surface area contributed by atoms with Crippen molar-refractivity contribution >= 4 is 11.6 Å². The second-order valence-corrected chi connectivity index (χ2v) is 7.03. The predicted molar refractivity (Wildman–Crippen MR) is 106 cm³/mol. The predicted octanol–water partition coefficient (Wildman–Crippen LogP) is 2.42. The van der Waals surface area contributed by atoms with Crippen molar-refractivity contribution in [3.8, 4) is 17.2 Å². The van der Waals surface area contributed by atoms with Crippen molar-refractivity contribution < 1.29 is 14.3 Å². The molecule has 2 aliphatic heterocycles. The first kappa shape index (κ1) is 18.6. The van der Waals surface area contributed by atoms with Gasteiger partial charge in [0.15, 0.2) is 0 Å². The highest BCUT2D eigenvalue weighted by Crippen LogP contribution is 2.31. The van der Waals surface area contributed by atoms with Crippen molar-refractivity contribution in [1.29, 1.82) is 5.26 Å². The van der Waals surface area contributed by atoms with Crippen LogP contribution in [0.2, 0.25) is 0 Å². The van der Waals surface area contributed by atoms with E-state index >= 15 is 0 Å². The van der Waals surface area contributed by atoms with Crippen LogP contribution in [0.5, 0.6) is 0 Å². The molecule has 1 amide bonds. The van der Waals surface area contributed by atoms with E-state index in [1.54, 1.807) is 6.07 Å². The minimum atomic E-state index is -0.0186. The zero-order chi connectivity index (χ0) is 19.3. The molecule has 144 valence electrons. The van der Waals surface area contributed by atoms with Gasteiger partial charge in [-0.1, -0.05) is 24.3 Å². The Kier molecular flexibility index (Phi) is 5.68. The molecule has 0 N–H and O–H groups in total. The third-order valence-electron chi connectivity index (χ3n) is 5.23. The van der Waals surface area contributed by atoms with Crippen LogP contribution in [0, 0.1) is 11.3 Å². The number of benzene rings is 2. The van der Waals surface area contributed by atoms with Crippen LogP contribution in [0.25, 0.3) is 11.1 Å². The summed E-state index contributed by atoms with van der Waals surface area (Å²) in [7, 11) is 0.